The lowest BCUT2D eigenvalue weighted by atomic mass is 9.71. The van der Waals surface area contributed by atoms with E-state index in [4.69, 9.17) is 0 Å². The molecule has 2 aliphatic rings. The molecule has 0 spiro atoms. The van der Waals surface area contributed by atoms with E-state index in [0.29, 0.717) is 11.8 Å². The van der Waals surface area contributed by atoms with Gasteiger partial charge in [0.15, 0.2) is 0 Å². The van der Waals surface area contributed by atoms with E-state index >= 15 is 0 Å². The second kappa shape index (κ2) is 6.85. The summed E-state index contributed by atoms with van der Waals surface area (Å²) in [4.78, 5) is 0. The number of hydrogen-bond donors (Lipinski definition) is 0. The first-order valence-corrected chi connectivity index (χ1v) is 10.3. The van der Waals surface area contributed by atoms with Crippen molar-refractivity contribution in [1.29, 1.82) is 0 Å². The van der Waals surface area contributed by atoms with Crippen LogP contribution in [0, 0.1) is 0 Å². The molecule has 2 atom stereocenters. The summed E-state index contributed by atoms with van der Waals surface area (Å²) in [6.45, 7) is 2.42. The Bertz CT molecular complexity index is 994. The van der Waals surface area contributed by atoms with Gasteiger partial charge in [0.25, 0.3) is 0 Å². The Morgan fingerprint density at radius 2 is 1.67 bits per heavy atom. The number of allylic oxidation sites excluding steroid dienone is 1. The molecule has 0 aromatic heterocycles. The van der Waals surface area contributed by atoms with E-state index in [1.165, 1.54) is 41.5 Å². The highest BCUT2D eigenvalue weighted by Gasteiger charge is 2.28. The van der Waals surface area contributed by atoms with E-state index in [2.05, 4.69) is 85.8 Å². The van der Waals surface area contributed by atoms with Crippen molar-refractivity contribution in [1.82, 2.24) is 0 Å². The average molecular weight is 351 g/mol. The topological polar surface area (TPSA) is 0 Å². The fraction of sp³-hybridized carbons (Fsp3) is 0.259. The highest BCUT2D eigenvalue weighted by Crippen LogP contribution is 2.46. The summed E-state index contributed by atoms with van der Waals surface area (Å²) in [5.74, 6) is 1.14. The molecule has 1 unspecified atom stereocenters. The fourth-order valence-electron chi connectivity index (χ4n) is 5.12. The summed E-state index contributed by atoms with van der Waals surface area (Å²) in [6, 6.07) is 24.5. The van der Waals surface area contributed by atoms with Crippen molar-refractivity contribution < 1.29 is 0 Å². The van der Waals surface area contributed by atoms with Crippen LogP contribution in [0.1, 0.15) is 59.4 Å². The van der Waals surface area contributed by atoms with Gasteiger partial charge in [-0.2, -0.15) is 0 Å². The molecule has 5 rings (SSSR count). The molecule has 2 aliphatic carbocycles. The monoisotopic (exact) mass is 350 g/mol. The number of rotatable bonds is 2. The quantitative estimate of drug-likeness (QED) is 0.460. The van der Waals surface area contributed by atoms with Crippen LogP contribution in [-0.4, -0.2) is 0 Å². The third-order valence-corrected chi connectivity index (χ3v) is 6.42. The van der Waals surface area contributed by atoms with E-state index < -0.39 is 0 Å². The zero-order valence-corrected chi connectivity index (χ0v) is 16.0. The third kappa shape index (κ3) is 2.94. The highest BCUT2D eigenvalue weighted by molar-refractivity contribution is 5.77. The van der Waals surface area contributed by atoms with Crippen LogP contribution in [-0.2, 0) is 12.8 Å². The SMILES string of the molecule is C[C@@H]1CCCc2ccc3c(c21)CC(/C=C/c1ccccc1)c1ccccc1-3. The minimum absolute atomic E-state index is 0.453. The molecule has 0 radical (unpaired) electrons. The predicted molar refractivity (Wildman–Crippen MR) is 115 cm³/mol. The standard InChI is InChI=1S/C27H26/c1-19-8-7-11-21-16-17-25-24-13-6-5-12-23(24)22(18-26(25)27(19)21)15-14-20-9-3-2-4-10-20/h2-6,9-10,12-17,19,22H,7-8,11,18H2,1H3/b15-14+/t19-,22?/m1/s1. The summed E-state index contributed by atoms with van der Waals surface area (Å²) in [6.07, 6.45) is 9.76. The molecule has 3 aromatic rings. The molecule has 0 amide bonds. The molecule has 3 aromatic carbocycles. The maximum absolute atomic E-state index is 2.42. The van der Waals surface area contributed by atoms with Gasteiger partial charge in [0.2, 0.25) is 0 Å². The molecule has 0 saturated heterocycles. The van der Waals surface area contributed by atoms with Crippen LogP contribution >= 0.6 is 0 Å². The van der Waals surface area contributed by atoms with Crippen molar-refractivity contribution in [3.63, 3.8) is 0 Å². The van der Waals surface area contributed by atoms with Gasteiger partial charge in [0.05, 0.1) is 0 Å². The van der Waals surface area contributed by atoms with Crippen molar-refractivity contribution in [2.75, 3.05) is 0 Å². The number of hydrogen-bond acceptors (Lipinski definition) is 0. The van der Waals surface area contributed by atoms with Crippen molar-refractivity contribution in [2.24, 2.45) is 0 Å². The van der Waals surface area contributed by atoms with Crippen LogP contribution in [0.15, 0.2) is 72.8 Å². The summed E-state index contributed by atoms with van der Waals surface area (Å²) in [7, 11) is 0. The van der Waals surface area contributed by atoms with Crippen LogP contribution < -0.4 is 0 Å². The molecule has 0 N–H and O–H groups in total. The third-order valence-electron chi connectivity index (χ3n) is 6.42. The smallest absolute Gasteiger partial charge is 0.00681 e. The summed E-state index contributed by atoms with van der Waals surface area (Å²) < 4.78 is 0. The lowest BCUT2D eigenvalue weighted by Gasteiger charge is -2.33. The second-order valence-electron chi connectivity index (χ2n) is 8.13. The maximum atomic E-state index is 2.42. The second-order valence-corrected chi connectivity index (χ2v) is 8.13. The zero-order valence-electron chi connectivity index (χ0n) is 16.0. The van der Waals surface area contributed by atoms with Gasteiger partial charge in [-0.15, -0.1) is 0 Å². The number of fused-ring (bicyclic) bond motifs is 5. The molecule has 0 saturated carbocycles. The van der Waals surface area contributed by atoms with Crippen LogP contribution in [0.2, 0.25) is 0 Å². The van der Waals surface area contributed by atoms with Gasteiger partial charge in [0.1, 0.15) is 0 Å². The Morgan fingerprint density at radius 3 is 2.56 bits per heavy atom. The van der Waals surface area contributed by atoms with Gasteiger partial charge in [-0.05, 0) is 70.5 Å². The van der Waals surface area contributed by atoms with Crippen molar-refractivity contribution in [2.45, 2.75) is 44.4 Å². The molecule has 27 heavy (non-hydrogen) atoms. The lowest BCUT2D eigenvalue weighted by Crippen LogP contribution is -2.17. The Balaban J connectivity index is 1.63. The molecule has 0 heteroatoms. The number of benzene rings is 3. The van der Waals surface area contributed by atoms with Gasteiger partial charge in [-0.1, -0.05) is 85.8 Å². The minimum Gasteiger partial charge on any atom is -0.0761 e. The van der Waals surface area contributed by atoms with Crippen LogP contribution in [0.5, 0.6) is 0 Å². The van der Waals surface area contributed by atoms with Gasteiger partial charge < -0.3 is 0 Å². The highest BCUT2D eigenvalue weighted by atomic mass is 14.3. The summed E-state index contributed by atoms with van der Waals surface area (Å²) >= 11 is 0. The normalized spacial score (nSPS) is 20.8. The Kier molecular flexibility index (Phi) is 4.20. The van der Waals surface area contributed by atoms with Gasteiger partial charge in [-0.25, -0.2) is 0 Å². The molecule has 0 aliphatic heterocycles. The average Bonchev–Trinajstić information content (AvgIpc) is 2.72. The molecular weight excluding hydrogens is 324 g/mol. The van der Waals surface area contributed by atoms with E-state index in [1.807, 2.05) is 0 Å². The molecule has 0 fully saturated rings. The Morgan fingerprint density at radius 1 is 0.852 bits per heavy atom. The van der Waals surface area contributed by atoms with Crippen molar-refractivity contribution in [3.05, 3.63) is 101 Å². The Hall–Kier alpha value is -2.60. The predicted octanol–water partition coefficient (Wildman–Crippen LogP) is 7.15. The lowest BCUT2D eigenvalue weighted by molar-refractivity contribution is 0.581. The van der Waals surface area contributed by atoms with Crippen molar-refractivity contribution in [3.8, 4) is 11.1 Å². The molecule has 0 nitrogen and oxygen atoms in total. The van der Waals surface area contributed by atoms with Crippen LogP contribution in [0.25, 0.3) is 17.2 Å². The van der Waals surface area contributed by atoms with Crippen LogP contribution in [0.3, 0.4) is 0 Å². The first-order chi connectivity index (χ1) is 13.3. The van der Waals surface area contributed by atoms with E-state index in [0.717, 1.165) is 6.42 Å². The molecular formula is C27H26. The largest absolute Gasteiger partial charge is 0.0761 e. The van der Waals surface area contributed by atoms with E-state index in [1.54, 1.807) is 16.7 Å². The van der Waals surface area contributed by atoms with E-state index in [-0.39, 0.29) is 0 Å². The van der Waals surface area contributed by atoms with Gasteiger partial charge in [-0.3, -0.25) is 0 Å². The molecule has 134 valence electrons. The van der Waals surface area contributed by atoms with E-state index in [9.17, 15) is 0 Å². The molecule has 0 bridgehead atoms. The Labute approximate surface area is 162 Å². The summed E-state index contributed by atoms with van der Waals surface area (Å²) in [5, 5.41) is 0. The van der Waals surface area contributed by atoms with Crippen molar-refractivity contribution >= 4 is 6.08 Å². The minimum atomic E-state index is 0.453. The number of aryl methyl sites for hydroxylation is 1. The first kappa shape index (κ1) is 16.6. The van der Waals surface area contributed by atoms with Crippen LogP contribution in [0.4, 0.5) is 0 Å². The molecule has 0 heterocycles. The maximum Gasteiger partial charge on any atom is 0.00681 e. The first-order valence-electron chi connectivity index (χ1n) is 10.3. The fourth-order valence-corrected chi connectivity index (χ4v) is 5.12. The van der Waals surface area contributed by atoms with Gasteiger partial charge >= 0.3 is 0 Å². The zero-order chi connectivity index (χ0) is 18.2. The summed E-state index contributed by atoms with van der Waals surface area (Å²) in [5.41, 5.74) is 10.5. The van der Waals surface area contributed by atoms with Gasteiger partial charge in [0, 0.05) is 5.92 Å².